The highest BCUT2D eigenvalue weighted by Gasteiger charge is 2.54. The third-order valence-electron chi connectivity index (χ3n) is 4.84. The van der Waals surface area contributed by atoms with Gasteiger partial charge in [-0.2, -0.15) is 0 Å². The first-order valence-corrected chi connectivity index (χ1v) is 9.69. The average Bonchev–Trinajstić information content (AvgIpc) is 2.76. The molecule has 1 nitrogen and oxygen atoms in total. The largest absolute Gasteiger partial charge is 0.378 e. The van der Waals surface area contributed by atoms with Gasteiger partial charge in [-0.05, 0) is 43.1 Å². The van der Waals surface area contributed by atoms with Crippen molar-refractivity contribution in [2.45, 2.75) is 69.7 Å². The lowest BCUT2D eigenvalue weighted by atomic mass is 9.96. The highest BCUT2D eigenvalue weighted by Crippen LogP contribution is 2.62. The van der Waals surface area contributed by atoms with Crippen molar-refractivity contribution in [2.75, 3.05) is 6.61 Å². The molecule has 2 aliphatic carbocycles. The number of fused-ring (bicyclic) bond motifs is 2. The summed E-state index contributed by atoms with van der Waals surface area (Å²) in [6.45, 7) is 8.32. The maximum Gasteiger partial charge on any atom is 0.0607 e. The molecule has 2 bridgehead atoms. The van der Waals surface area contributed by atoms with Gasteiger partial charge in [-0.25, -0.2) is 0 Å². The monoisotopic (exact) mass is 226 g/mol. The normalized spacial score (nSPS) is 39.2. The van der Waals surface area contributed by atoms with Crippen LogP contribution in [0.3, 0.4) is 0 Å². The molecule has 0 saturated heterocycles. The maximum absolute atomic E-state index is 6.18. The van der Waals surface area contributed by atoms with Crippen LogP contribution in [0, 0.1) is 5.92 Å². The van der Waals surface area contributed by atoms with Crippen molar-refractivity contribution >= 4 is 8.80 Å². The van der Waals surface area contributed by atoms with Crippen molar-refractivity contribution in [2.24, 2.45) is 5.92 Å². The molecule has 0 aromatic carbocycles. The van der Waals surface area contributed by atoms with Crippen molar-refractivity contribution in [3.8, 4) is 0 Å². The standard InChI is InChI=1S/C13H26OSi/c1-4-5-8-14-12-9-11-6-7-13(12,10-11)15(2)3/h11-12,15H,4-10H2,1-3H3. The summed E-state index contributed by atoms with van der Waals surface area (Å²) in [6.07, 6.45) is 9.04. The summed E-state index contributed by atoms with van der Waals surface area (Å²) in [7, 11) is -0.552. The van der Waals surface area contributed by atoms with E-state index in [-0.39, 0.29) is 0 Å². The highest BCUT2D eigenvalue weighted by molar-refractivity contribution is 6.59. The summed E-state index contributed by atoms with van der Waals surface area (Å²) in [6, 6.07) is 0. The molecule has 88 valence electrons. The zero-order valence-corrected chi connectivity index (χ0v) is 11.7. The molecular formula is C13H26OSi. The van der Waals surface area contributed by atoms with E-state index in [4.69, 9.17) is 4.74 Å². The van der Waals surface area contributed by atoms with Crippen LogP contribution in [0.1, 0.15) is 45.4 Å². The molecule has 0 radical (unpaired) electrons. The fourth-order valence-corrected chi connectivity index (χ4v) is 6.27. The highest BCUT2D eigenvalue weighted by atomic mass is 28.3. The lowest BCUT2D eigenvalue weighted by Gasteiger charge is -2.38. The Morgan fingerprint density at radius 1 is 1.40 bits per heavy atom. The van der Waals surface area contributed by atoms with Gasteiger partial charge in [0.1, 0.15) is 0 Å². The maximum atomic E-state index is 6.18. The second-order valence-electron chi connectivity index (χ2n) is 5.95. The van der Waals surface area contributed by atoms with Crippen LogP contribution in [-0.4, -0.2) is 21.5 Å². The third-order valence-corrected chi connectivity index (χ3v) is 8.04. The molecule has 2 fully saturated rings. The van der Waals surface area contributed by atoms with Crippen LogP contribution < -0.4 is 0 Å². The molecule has 0 spiro atoms. The second kappa shape index (κ2) is 4.58. The number of hydrogen-bond acceptors (Lipinski definition) is 1. The Hall–Kier alpha value is 0.177. The Bertz CT molecular complexity index is 217. The molecule has 3 atom stereocenters. The Morgan fingerprint density at radius 2 is 2.20 bits per heavy atom. The molecule has 0 N–H and O–H groups in total. The molecular weight excluding hydrogens is 200 g/mol. The van der Waals surface area contributed by atoms with Crippen molar-refractivity contribution < 1.29 is 4.74 Å². The predicted molar refractivity (Wildman–Crippen MR) is 68.2 cm³/mol. The summed E-state index contributed by atoms with van der Waals surface area (Å²) in [5, 5.41) is 0.693. The molecule has 2 rings (SSSR count). The average molecular weight is 226 g/mol. The molecule has 2 heteroatoms. The molecule has 2 saturated carbocycles. The summed E-state index contributed by atoms with van der Waals surface area (Å²) in [4.78, 5) is 0. The lowest BCUT2D eigenvalue weighted by molar-refractivity contribution is 0.0194. The fourth-order valence-electron chi connectivity index (χ4n) is 3.75. The van der Waals surface area contributed by atoms with Gasteiger partial charge in [0.05, 0.1) is 6.10 Å². The summed E-state index contributed by atoms with van der Waals surface area (Å²) >= 11 is 0. The van der Waals surface area contributed by atoms with Crippen molar-refractivity contribution in [1.82, 2.24) is 0 Å². The van der Waals surface area contributed by atoms with E-state index in [1.54, 1.807) is 0 Å². The van der Waals surface area contributed by atoms with Gasteiger partial charge >= 0.3 is 0 Å². The van der Waals surface area contributed by atoms with Crippen LogP contribution in [0.5, 0.6) is 0 Å². The zero-order chi connectivity index (χ0) is 10.9. The Kier molecular flexibility index (Phi) is 3.56. The zero-order valence-electron chi connectivity index (χ0n) is 10.6. The minimum atomic E-state index is -0.552. The second-order valence-corrected chi connectivity index (χ2v) is 9.40. The first-order valence-electron chi connectivity index (χ1n) is 6.80. The topological polar surface area (TPSA) is 9.23 Å². The van der Waals surface area contributed by atoms with Gasteiger partial charge in [-0.1, -0.05) is 26.4 Å². The molecule has 15 heavy (non-hydrogen) atoms. The number of ether oxygens (including phenoxy) is 1. The minimum absolute atomic E-state index is 0.552. The van der Waals surface area contributed by atoms with Crippen LogP contribution in [-0.2, 0) is 4.74 Å². The van der Waals surface area contributed by atoms with Gasteiger partial charge in [0.25, 0.3) is 0 Å². The Labute approximate surface area is 96.2 Å². The summed E-state index contributed by atoms with van der Waals surface area (Å²) < 4.78 is 6.18. The van der Waals surface area contributed by atoms with E-state index < -0.39 is 8.80 Å². The van der Waals surface area contributed by atoms with Gasteiger partial charge in [0.2, 0.25) is 0 Å². The van der Waals surface area contributed by atoms with Crippen LogP contribution in [0.4, 0.5) is 0 Å². The van der Waals surface area contributed by atoms with Crippen LogP contribution in [0.15, 0.2) is 0 Å². The molecule has 0 aromatic rings. The quantitative estimate of drug-likeness (QED) is 0.514. The van der Waals surface area contributed by atoms with E-state index in [0.717, 1.165) is 12.5 Å². The predicted octanol–water partition coefficient (Wildman–Crippen LogP) is 3.60. The van der Waals surface area contributed by atoms with Gasteiger partial charge < -0.3 is 4.74 Å². The molecule has 0 amide bonds. The fraction of sp³-hybridized carbons (Fsp3) is 1.00. The van der Waals surface area contributed by atoms with E-state index in [2.05, 4.69) is 20.0 Å². The Balaban J connectivity index is 1.94. The molecule has 0 aromatic heterocycles. The molecule has 2 aliphatic rings. The Morgan fingerprint density at radius 3 is 2.80 bits per heavy atom. The lowest BCUT2D eigenvalue weighted by Crippen LogP contribution is -2.36. The van der Waals surface area contributed by atoms with E-state index in [0.29, 0.717) is 11.1 Å². The van der Waals surface area contributed by atoms with Crippen LogP contribution >= 0.6 is 0 Å². The van der Waals surface area contributed by atoms with Gasteiger partial charge in [-0.3, -0.25) is 0 Å². The van der Waals surface area contributed by atoms with E-state index in [1.807, 2.05) is 0 Å². The van der Waals surface area contributed by atoms with Gasteiger partial charge in [-0.15, -0.1) is 0 Å². The summed E-state index contributed by atoms with van der Waals surface area (Å²) in [5.41, 5.74) is 0. The van der Waals surface area contributed by atoms with Crippen LogP contribution in [0.2, 0.25) is 18.1 Å². The smallest absolute Gasteiger partial charge is 0.0607 e. The number of hydrogen-bond donors (Lipinski definition) is 0. The van der Waals surface area contributed by atoms with Gasteiger partial charge in [0, 0.05) is 15.4 Å². The van der Waals surface area contributed by atoms with Crippen molar-refractivity contribution in [1.29, 1.82) is 0 Å². The first-order chi connectivity index (χ1) is 7.19. The van der Waals surface area contributed by atoms with E-state index in [1.165, 1.54) is 38.5 Å². The molecule has 0 aliphatic heterocycles. The minimum Gasteiger partial charge on any atom is -0.378 e. The number of unbranched alkanes of at least 4 members (excludes halogenated alkanes) is 1. The van der Waals surface area contributed by atoms with Gasteiger partial charge in [0.15, 0.2) is 0 Å². The van der Waals surface area contributed by atoms with Crippen molar-refractivity contribution in [3.05, 3.63) is 0 Å². The van der Waals surface area contributed by atoms with E-state index in [9.17, 15) is 0 Å². The number of rotatable bonds is 5. The SMILES string of the molecule is CCCCOC1CC2CCC1([SiH](C)C)C2. The first kappa shape index (κ1) is 11.7. The van der Waals surface area contributed by atoms with E-state index >= 15 is 0 Å². The van der Waals surface area contributed by atoms with Crippen molar-refractivity contribution in [3.63, 3.8) is 0 Å². The summed E-state index contributed by atoms with van der Waals surface area (Å²) in [5.74, 6) is 1.02. The third kappa shape index (κ3) is 2.03. The van der Waals surface area contributed by atoms with Crippen LogP contribution in [0.25, 0.3) is 0 Å². The molecule has 0 heterocycles. The molecule has 3 unspecified atom stereocenters.